The molecule has 4 heterocycles. The summed E-state index contributed by atoms with van der Waals surface area (Å²) in [6.07, 6.45) is 2.94. The molecule has 0 aromatic heterocycles. The Kier molecular flexibility index (Phi) is 7.87. The molecule has 39 heavy (non-hydrogen) atoms. The summed E-state index contributed by atoms with van der Waals surface area (Å²) in [7, 11) is 3.61. The minimum absolute atomic E-state index is 0. The van der Waals surface area contributed by atoms with Crippen LogP contribution < -0.4 is 19.5 Å². The second-order valence-corrected chi connectivity index (χ2v) is 10.7. The summed E-state index contributed by atoms with van der Waals surface area (Å²) in [6, 6.07) is 3.58. The second-order valence-electron chi connectivity index (χ2n) is 10.7. The van der Waals surface area contributed by atoms with Gasteiger partial charge in [0, 0.05) is 91.5 Å². The number of hydrogen-bond acceptors (Lipinski definition) is 9. The number of phenols is 2. The fraction of sp³-hybridized carbons (Fsp3) is 0.483. The standard InChI is InChI=1S/C29H34N4O5.Ac/c1-6-7-31-12-21-23-17(25(34)15(3)28-29(23)38-13-37-28)10-19-24-22-16(8-14(2)27(36-5)26(22)35)9-18(32(24)4)20(11-30)33(19)21;/h6,8,18-21,24,31,34-35H,1,7,9-10,12-13H2,2-5H3;/t18-,19?,20-,21-,24-;/m0./s1. The largest absolute Gasteiger partial charge is 0.507 e. The first kappa shape index (κ1) is 28.5. The van der Waals surface area contributed by atoms with Crippen molar-refractivity contribution in [3.63, 3.8) is 0 Å². The van der Waals surface area contributed by atoms with Gasteiger partial charge in [0.2, 0.25) is 6.79 Å². The molecule has 203 valence electrons. The predicted molar refractivity (Wildman–Crippen MR) is 141 cm³/mol. The van der Waals surface area contributed by atoms with Gasteiger partial charge in [-0.15, -0.1) is 6.58 Å². The molecular weight excluding hydrogens is 711 g/mol. The van der Waals surface area contributed by atoms with Gasteiger partial charge < -0.3 is 29.7 Å². The van der Waals surface area contributed by atoms with E-state index in [1.807, 2.05) is 20.9 Å². The van der Waals surface area contributed by atoms with E-state index < -0.39 is 6.04 Å². The van der Waals surface area contributed by atoms with Gasteiger partial charge in [0.05, 0.1) is 25.3 Å². The van der Waals surface area contributed by atoms with Crippen molar-refractivity contribution in [3.8, 4) is 34.8 Å². The van der Waals surface area contributed by atoms with Gasteiger partial charge in [-0.25, -0.2) is 0 Å². The number of methoxy groups -OCH3 is 1. The summed E-state index contributed by atoms with van der Waals surface area (Å²) >= 11 is 0. The molecule has 2 aromatic rings. The van der Waals surface area contributed by atoms with Crippen LogP contribution in [0.5, 0.6) is 28.7 Å². The van der Waals surface area contributed by atoms with Crippen LogP contribution in [0.2, 0.25) is 0 Å². The Bertz CT molecular complexity index is 1380. The fourth-order valence-corrected chi connectivity index (χ4v) is 7.36. The molecule has 5 atom stereocenters. The molecule has 2 bridgehead atoms. The summed E-state index contributed by atoms with van der Waals surface area (Å²) in [4.78, 5) is 4.53. The number of ether oxygens (including phenoxy) is 3. The maximum atomic E-state index is 11.5. The van der Waals surface area contributed by atoms with Crippen LogP contribution >= 0.6 is 0 Å². The van der Waals surface area contributed by atoms with E-state index in [1.165, 1.54) is 0 Å². The first-order valence-corrected chi connectivity index (χ1v) is 13.1. The van der Waals surface area contributed by atoms with Gasteiger partial charge in [0.1, 0.15) is 11.8 Å². The number of hydrogen-bond donors (Lipinski definition) is 3. The third kappa shape index (κ3) is 4.08. The van der Waals surface area contributed by atoms with Gasteiger partial charge in [0.15, 0.2) is 23.0 Å². The number of aromatic hydroxyl groups is 2. The Morgan fingerprint density at radius 1 is 1.18 bits per heavy atom. The van der Waals surface area contributed by atoms with Crippen molar-refractivity contribution in [1.82, 2.24) is 15.1 Å². The predicted octanol–water partition coefficient (Wildman–Crippen LogP) is 3.00. The van der Waals surface area contributed by atoms with Crippen molar-refractivity contribution in [3.05, 3.63) is 52.1 Å². The number of fused-ring (bicyclic) bond motifs is 9. The number of benzene rings is 2. The Hall–Kier alpha value is -2.01. The number of aryl methyl sites for hydroxylation is 1. The van der Waals surface area contributed by atoms with E-state index in [-0.39, 0.29) is 86.5 Å². The summed E-state index contributed by atoms with van der Waals surface area (Å²) < 4.78 is 17.4. The zero-order chi connectivity index (χ0) is 26.9. The maximum absolute atomic E-state index is 11.5. The minimum atomic E-state index is -0.413. The van der Waals surface area contributed by atoms with Crippen molar-refractivity contribution in [2.24, 2.45) is 0 Å². The van der Waals surface area contributed by atoms with Crippen LogP contribution in [0.3, 0.4) is 0 Å². The fourth-order valence-electron chi connectivity index (χ4n) is 7.36. The first-order valence-electron chi connectivity index (χ1n) is 13.1. The van der Waals surface area contributed by atoms with Crippen molar-refractivity contribution in [1.29, 1.82) is 5.26 Å². The van der Waals surface area contributed by atoms with Gasteiger partial charge in [-0.3, -0.25) is 9.80 Å². The number of phenolic OH excluding ortho intramolecular Hbond substituents is 2. The van der Waals surface area contributed by atoms with Gasteiger partial charge >= 0.3 is 0 Å². The van der Waals surface area contributed by atoms with E-state index in [0.717, 1.165) is 27.8 Å². The van der Waals surface area contributed by atoms with Gasteiger partial charge in [-0.1, -0.05) is 12.1 Å². The van der Waals surface area contributed by atoms with Crippen LogP contribution in [-0.2, 0) is 12.8 Å². The Morgan fingerprint density at radius 3 is 2.62 bits per heavy atom. The molecule has 3 N–H and O–H groups in total. The van der Waals surface area contributed by atoms with Crippen LogP contribution in [0.15, 0.2) is 18.7 Å². The molecule has 9 nitrogen and oxygen atoms in total. The van der Waals surface area contributed by atoms with Gasteiger partial charge in [-0.05, 0) is 44.9 Å². The van der Waals surface area contributed by atoms with Crippen molar-refractivity contribution < 1.29 is 68.5 Å². The van der Waals surface area contributed by atoms with Crippen LogP contribution in [-0.4, -0.2) is 72.2 Å². The van der Waals surface area contributed by atoms with Gasteiger partial charge in [0.25, 0.3) is 0 Å². The second kappa shape index (κ2) is 10.8. The number of rotatable bonds is 5. The minimum Gasteiger partial charge on any atom is -0.507 e. The molecule has 1 fully saturated rings. The topological polar surface area (TPSA) is 110 Å². The smallest absolute Gasteiger partial charge is 0.231 e. The summed E-state index contributed by atoms with van der Waals surface area (Å²) in [6.45, 7) is 8.85. The quantitative estimate of drug-likeness (QED) is 0.315. The first-order chi connectivity index (χ1) is 18.3. The zero-order valence-electron chi connectivity index (χ0n) is 22.8. The SMILES string of the molecule is C=CCNC[C@H]1c2c(c(O)c(C)c3c2OCO3)CC2[C@H]3c4c(cc(C)c(OC)c4O)C[C@@H]([C@H](C#N)N21)N3C.[Ac]. The molecule has 2 aromatic carbocycles. The van der Waals surface area contributed by atoms with E-state index in [9.17, 15) is 15.5 Å². The molecule has 0 aliphatic carbocycles. The molecule has 1 radical (unpaired) electrons. The van der Waals surface area contributed by atoms with E-state index >= 15 is 0 Å². The Labute approximate surface area is 264 Å². The molecule has 4 aliphatic rings. The molecule has 6 rings (SSSR count). The molecule has 0 saturated carbocycles. The van der Waals surface area contributed by atoms with E-state index in [2.05, 4.69) is 33.8 Å². The van der Waals surface area contributed by atoms with Crippen molar-refractivity contribution >= 4 is 0 Å². The van der Waals surface area contributed by atoms with Crippen LogP contribution in [0.1, 0.15) is 45.5 Å². The van der Waals surface area contributed by atoms with E-state index in [1.54, 1.807) is 13.2 Å². The third-order valence-corrected chi connectivity index (χ3v) is 8.92. The zero-order valence-corrected chi connectivity index (χ0v) is 27.6. The summed E-state index contributed by atoms with van der Waals surface area (Å²) in [5, 5.41) is 37.0. The normalized spacial score (nSPS) is 26.5. The molecule has 4 aliphatic heterocycles. The van der Waals surface area contributed by atoms with Crippen molar-refractivity contribution in [2.75, 3.05) is 34.0 Å². The Balaban J connectivity index is 0.00000308. The maximum Gasteiger partial charge on any atom is 0.231 e. The molecule has 0 spiro atoms. The third-order valence-electron chi connectivity index (χ3n) is 8.92. The number of nitrogens with zero attached hydrogens (tertiary/aromatic N) is 3. The molecule has 10 heteroatoms. The van der Waals surface area contributed by atoms with Crippen molar-refractivity contribution in [2.45, 2.75) is 56.9 Å². The summed E-state index contributed by atoms with van der Waals surface area (Å²) in [5.74, 6) is 2.07. The van der Waals surface area contributed by atoms with Crippen LogP contribution in [0.4, 0.5) is 0 Å². The number of piperazine rings is 1. The average Bonchev–Trinajstić information content (AvgIpc) is 3.38. The molecule has 1 unspecified atom stereocenters. The summed E-state index contributed by atoms with van der Waals surface area (Å²) in [5.41, 5.74) is 5.11. The van der Waals surface area contributed by atoms with Crippen LogP contribution in [0.25, 0.3) is 0 Å². The molecule has 0 amide bonds. The number of likely N-dealkylation sites (N-methyl/N-ethyl adjacent to an activating group) is 1. The van der Waals surface area contributed by atoms with E-state index in [4.69, 9.17) is 14.2 Å². The van der Waals surface area contributed by atoms with Crippen LogP contribution in [0, 0.1) is 69.2 Å². The average molecular weight is 746 g/mol. The monoisotopic (exact) mass is 745 g/mol. The van der Waals surface area contributed by atoms with Gasteiger partial charge in [-0.2, -0.15) is 5.26 Å². The van der Waals surface area contributed by atoms with E-state index in [0.29, 0.717) is 48.7 Å². The number of nitriles is 1. The molecule has 1 saturated heterocycles. The Morgan fingerprint density at radius 2 is 1.92 bits per heavy atom. The number of nitrogens with one attached hydrogen (secondary N) is 1. The molecular formula is C29H34AcN4O5.